The van der Waals surface area contributed by atoms with Crippen molar-refractivity contribution in [2.45, 2.75) is 37.1 Å². The molecular weight excluding hydrogens is 352 g/mol. The van der Waals surface area contributed by atoms with Crippen LogP contribution in [0.1, 0.15) is 35.2 Å². The average molecular weight is 375 g/mol. The first-order valence-corrected chi connectivity index (χ1v) is 9.50. The van der Waals surface area contributed by atoms with Gasteiger partial charge in [0.1, 0.15) is 0 Å². The minimum absolute atomic E-state index is 0. The molecule has 1 aromatic carbocycles. The van der Waals surface area contributed by atoms with Gasteiger partial charge in [-0.1, -0.05) is 18.2 Å². The van der Waals surface area contributed by atoms with Crippen LogP contribution in [0.3, 0.4) is 0 Å². The van der Waals surface area contributed by atoms with Gasteiger partial charge >= 0.3 is 5.97 Å². The second kappa shape index (κ2) is 7.82. The number of hydrogen-bond acceptors (Lipinski definition) is 5. The lowest BCUT2D eigenvalue weighted by atomic mass is 10.1. The third kappa shape index (κ3) is 4.08. The Bertz CT molecular complexity index is 695. The Morgan fingerprint density at radius 3 is 2.71 bits per heavy atom. The Balaban J connectivity index is 0.00000208. The molecule has 2 unspecified atom stereocenters. The van der Waals surface area contributed by atoms with E-state index in [4.69, 9.17) is 4.74 Å². The highest BCUT2D eigenvalue weighted by molar-refractivity contribution is 7.88. The smallest absolute Gasteiger partial charge is 0.338 e. The molecule has 2 atom stereocenters. The maximum absolute atomic E-state index is 12.8. The van der Waals surface area contributed by atoms with Gasteiger partial charge in [0, 0.05) is 25.2 Å². The van der Waals surface area contributed by atoms with E-state index in [9.17, 15) is 13.2 Å². The van der Waals surface area contributed by atoms with Crippen LogP contribution < -0.4 is 5.32 Å². The van der Waals surface area contributed by atoms with Gasteiger partial charge in [0.2, 0.25) is 10.0 Å². The summed E-state index contributed by atoms with van der Waals surface area (Å²) >= 11 is 0. The molecule has 2 aliphatic heterocycles. The topological polar surface area (TPSA) is 75.7 Å². The number of benzene rings is 1. The molecule has 134 valence electrons. The van der Waals surface area contributed by atoms with Crippen molar-refractivity contribution in [3.63, 3.8) is 0 Å². The maximum Gasteiger partial charge on any atom is 0.338 e. The third-order valence-electron chi connectivity index (χ3n) is 4.64. The summed E-state index contributed by atoms with van der Waals surface area (Å²) in [6.07, 6.45) is 2.99. The zero-order valence-corrected chi connectivity index (χ0v) is 15.2. The van der Waals surface area contributed by atoms with Crippen molar-refractivity contribution >= 4 is 28.4 Å². The predicted octanol–water partition coefficient (Wildman–Crippen LogP) is 1.55. The highest BCUT2D eigenvalue weighted by atomic mass is 35.5. The van der Waals surface area contributed by atoms with Gasteiger partial charge in [-0.2, -0.15) is 0 Å². The lowest BCUT2D eigenvalue weighted by Crippen LogP contribution is -2.39. The van der Waals surface area contributed by atoms with Crippen LogP contribution in [0.2, 0.25) is 0 Å². The Labute approximate surface area is 149 Å². The molecule has 0 amide bonds. The van der Waals surface area contributed by atoms with E-state index in [2.05, 4.69) is 5.32 Å². The number of sulfonamides is 1. The first kappa shape index (κ1) is 19.2. The molecule has 0 spiro atoms. The van der Waals surface area contributed by atoms with Gasteiger partial charge < -0.3 is 10.1 Å². The number of rotatable bonds is 4. The Hall–Kier alpha value is -1.15. The highest BCUT2D eigenvalue weighted by Gasteiger charge is 2.34. The number of fused-ring (bicyclic) bond motifs is 2. The minimum Gasteiger partial charge on any atom is -0.465 e. The first-order chi connectivity index (χ1) is 11.0. The van der Waals surface area contributed by atoms with Crippen molar-refractivity contribution in [2.24, 2.45) is 0 Å². The second-order valence-corrected chi connectivity index (χ2v) is 8.16. The van der Waals surface area contributed by atoms with Crippen molar-refractivity contribution in [3.8, 4) is 0 Å². The van der Waals surface area contributed by atoms with Crippen molar-refractivity contribution in [1.29, 1.82) is 0 Å². The van der Waals surface area contributed by atoms with E-state index in [0.717, 1.165) is 19.3 Å². The molecule has 0 aliphatic carbocycles. The largest absolute Gasteiger partial charge is 0.465 e. The van der Waals surface area contributed by atoms with Crippen LogP contribution in [0.5, 0.6) is 0 Å². The molecule has 2 fully saturated rings. The van der Waals surface area contributed by atoms with E-state index < -0.39 is 16.0 Å². The van der Waals surface area contributed by atoms with Crippen LogP contribution in [0, 0.1) is 0 Å². The molecule has 1 aromatic rings. The highest BCUT2D eigenvalue weighted by Crippen LogP contribution is 2.24. The van der Waals surface area contributed by atoms with Gasteiger partial charge in [-0.3, -0.25) is 0 Å². The normalized spacial score (nSPS) is 24.0. The Kier molecular flexibility index (Phi) is 6.25. The zero-order chi connectivity index (χ0) is 16.4. The molecule has 24 heavy (non-hydrogen) atoms. The summed E-state index contributed by atoms with van der Waals surface area (Å²) in [5.41, 5.74) is 0.801. The summed E-state index contributed by atoms with van der Waals surface area (Å²) in [7, 11) is -2.16. The van der Waals surface area contributed by atoms with Crippen LogP contribution in [-0.2, 0) is 20.5 Å². The zero-order valence-electron chi connectivity index (χ0n) is 13.6. The molecule has 0 saturated carbocycles. The molecule has 0 radical (unpaired) electrons. The van der Waals surface area contributed by atoms with Crippen LogP contribution >= 0.6 is 12.4 Å². The lowest BCUT2D eigenvalue weighted by molar-refractivity contribution is 0.0600. The molecule has 6 nitrogen and oxygen atoms in total. The van der Waals surface area contributed by atoms with E-state index in [1.807, 2.05) is 0 Å². The minimum atomic E-state index is -3.46. The SMILES string of the molecule is COC(=O)c1ccccc1CS(=O)(=O)N1CCC2CCC(C1)N2.Cl. The third-order valence-corrected chi connectivity index (χ3v) is 6.43. The molecule has 1 N–H and O–H groups in total. The van der Waals surface area contributed by atoms with E-state index in [0.29, 0.717) is 30.3 Å². The fraction of sp³-hybridized carbons (Fsp3) is 0.562. The monoisotopic (exact) mass is 374 g/mol. The fourth-order valence-corrected chi connectivity index (χ4v) is 5.02. The molecule has 2 heterocycles. The predicted molar refractivity (Wildman–Crippen MR) is 93.8 cm³/mol. The first-order valence-electron chi connectivity index (χ1n) is 7.89. The van der Waals surface area contributed by atoms with Gasteiger partial charge in [-0.15, -0.1) is 12.4 Å². The van der Waals surface area contributed by atoms with Gasteiger partial charge in [0.25, 0.3) is 0 Å². The number of nitrogens with one attached hydrogen (secondary N) is 1. The van der Waals surface area contributed by atoms with Crippen molar-refractivity contribution in [1.82, 2.24) is 9.62 Å². The molecule has 2 saturated heterocycles. The van der Waals surface area contributed by atoms with Crippen molar-refractivity contribution in [3.05, 3.63) is 35.4 Å². The van der Waals surface area contributed by atoms with Gasteiger partial charge in [-0.05, 0) is 30.9 Å². The number of halogens is 1. The number of esters is 1. The van der Waals surface area contributed by atoms with E-state index >= 15 is 0 Å². The summed E-state index contributed by atoms with van der Waals surface area (Å²) < 4.78 is 31.9. The molecule has 3 rings (SSSR count). The fourth-order valence-electron chi connectivity index (χ4n) is 3.41. The number of carbonyl (C=O) groups excluding carboxylic acids is 1. The van der Waals surface area contributed by atoms with Gasteiger partial charge in [0.05, 0.1) is 18.4 Å². The lowest BCUT2D eigenvalue weighted by Gasteiger charge is -2.24. The Morgan fingerprint density at radius 2 is 1.96 bits per heavy atom. The summed E-state index contributed by atoms with van der Waals surface area (Å²) in [4.78, 5) is 11.8. The summed E-state index contributed by atoms with van der Waals surface area (Å²) in [6.45, 7) is 1.05. The standard InChI is InChI=1S/C16H22N2O4S.ClH/c1-22-16(19)15-5-3-2-4-12(15)11-23(20,21)18-9-8-13-6-7-14(10-18)17-13;/h2-5,13-14,17H,6-11H2,1H3;1H. The van der Waals surface area contributed by atoms with Crippen LogP contribution in [0.25, 0.3) is 0 Å². The van der Waals surface area contributed by atoms with Crippen molar-refractivity contribution < 1.29 is 17.9 Å². The summed E-state index contributed by atoms with van der Waals surface area (Å²) in [5.74, 6) is -0.678. The number of methoxy groups -OCH3 is 1. The number of hydrogen-bond donors (Lipinski definition) is 1. The van der Waals surface area contributed by atoms with Gasteiger partial charge in [-0.25, -0.2) is 17.5 Å². The van der Waals surface area contributed by atoms with Gasteiger partial charge in [0.15, 0.2) is 0 Å². The van der Waals surface area contributed by atoms with E-state index in [-0.39, 0.29) is 24.2 Å². The molecule has 8 heteroatoms. The maximum atomic E-state index is 12.8. The number of nitrogens with zero attached hydrogens (tertiary/aromatic N) is 1. The molecule has 2 bridgehead atoms. The van der Waals surface area contributed by atoms with Crippen LogP contribution in [0.15, 0.2) is 24.3 Å². The van der Waals surface area contributed by atoms with Crippen LogP contribution in [0.4, 0.5) is 0 Å². The summed E-state index contributed by atoms with van der Waals surface area (Å²) in [6, 6.07) is 7.39. The van der Waals surface area contributed by atoms with Crippen LogP contribution in [-0.4, -0.2) is 51.0 Å². The Morgan fingerprint density at radius 1 is 1.25 bits per heavy atom. The number of ether oxygens (including phenoxy) is 1. The summed E-state index contributed by atoms with van der Waals surface area (Å²) in [5, 5.41) is 3.48. The molecule has 0 aromatic heterocycles. The average Bonchev–Trinajstić information content (AvgIpc) is 2.85. The molecular formula is C16H23ClN2O4S. The van der Waals surface area contributed by atoms with Crippen molar-refractivity contribution in [2.75, 3.05) is 20.2 Å². The van der Waals surface area contributed by atoms with E-state index in [1.165, 1.54) is 7.11 Å². The quantitative estimate of drug-likeness (QED) is 0.809. The van der Waals surface area contributed by atoms with E-state index in [1.54, 1.807) is 28.6 Å². The molecule has 2 aliphatic rings. The number of carbonyl (C=O) groups is 1. The second-order valence-electron chi connectivity index (χ2n) is 6.19.